The third-order valence-corrected chi connectivity index (χ3v) is 1.65. The van der Waals surface area contributed by atoms with Crippen LogP contribution in [0.1, 0.15) is 20.3 Å². The number of carbonyl (C=O) groups excluding carboxylic acids is 1. The van der Waals surface area contributed by atoms with Crippen molar-refractivity contribution in [2.45, 2.75) is 26.3 Å². The smallest absolute Gasteiger partial charge is 0.244 e. The van der Waals surface area contributed by atoms with Crippen LogP contribution in [0.15, 0.2) is 11.6 Å². The Kier molecular flexibility index (Phi) is 4.54. The molecule has 0 spiro atoms. The minimum Gasteiger partial charge on any atom is -0.366 e. The lowest BCUT2D eigenvalue weighted by Crippen LogP contribution is -2.23. The van der Waals surface area contributed by atoms with Gasteiger partial charge in [-0.1, -0.05) is 13.0 Å². The van der Waals surface area contributed by atoms with Crippen molar-refractivity contribution in [1.82, 2.24) is 5.32 Å². The molecule has 0 aromatic carbocycles. The summed E-state index contributed by atoms with van der Waals surface area (Å²) in [6, 6.07) is 0.252. The van der Waals surface area contributed by atoms with Crippen molar-refractivity contribution in [2.75, 3.05) is 7.05 Å². The molecule has 0 saturated heterocycles. The summed E-state index contributed by atoms with van der Waals surface area (Å²) in [5, 5.41) is 3.05. The zero-order valence-electron chi connectivity index (χ0n) is 7.35. The van der Waals surface area contributed by atoms with Gasteiger partial charge in [-0.05, 0) is 20.4 Å². The van der Waals surface area contributed by atoms with E-state index in [1.807, 2.05) is 20.0 Å². The van der Waals surface area contributed by atoms with E-state index in [-0.39, 0.29) is 11.9 Å². The van der Waals surface area contributed by atoms with E-state index in [0.717, 1.165) is 6.42 Å². The average molecular weight is 156 g/mol. The number of rotatable bonds is 4. The normalized spacial score (nSPS) is 14.6. The third kappa shape index (κ3) is 3.78. The number of hydrogen-bond acceptors (Lipinski definition) is 2. The van der Waals surface area contributed by atoms with Crippen LogP contribution in [0.2, 0.25) is 0 Å². The maximum absolute atomic E-state index is 10.6. The van der Waals surface area contributed by atoms with E-state index >= 15 is 0 Å². The molecular formula is C8H16N2O. The SMILES string of the molecule is CCC(/C=C(/C)C(N)=O)NC. The lowest BCUT2D eigenvalue weighted by Gasteiger charge is -2.08. The summed E-state index contributed by atoms with van der Waals surface area (Å²) in [7, 11) is 1.86. The molecule has 0 aromatic heterocycles. The molecule has 0 aliphatic carbocycles. The molecule has 0 aliphatic rings. The Hall–Kier alpha value is -0.830. The number of nitrogens with one attached hydrogen (secondary N) is 1. The third-order valence-electron chi connectivity index (χ3n) is 1.65. The van der Waals surface area contributed by atoms with Crippen molar-refractivity contribution < 1.29 is 4.79 Å². The Bertz CT molecular complexity index is 159. The summed E-state index contributed by atoms with van der Waals surface area (Å²) >= 11 is 0. The van der Waals surface area contributed by atoms with Gasteiger partial charge in [0.25, 0.3) is 0 Å². The molecule has 0 radical (unpaired) electrons. The van der Waals surface area contributed by atoms with Gasteiger partial charge in [0.05, 0.1) is 0 Å². The van der Waals surface area contributed by atoms with Crippen LogP contribution in [0.4, 0.5) is 0 Å². The van der Waals surface area contributed by atoms with E-state index < -0.39 is 0 Å². The molecule has 0 aliphatic heterocycles. The fraction of sp³-hybridized carbons (Fsp3) is 0.625. The van der Waals surface area contributed by atoms with Crippen LogP contribution in [0, 0.1) is 0 Å². The molecule has 1 unspecified atom stereocenters. The van der Waals surface area contributed by atoms with Crippen LogP contribution >= 0.6 is 0 Å². The molecule has 64 valence electrons. The van der Waals surface area contributed by atoms with Gasteiger partial charge in [0, 0.05) is 11.6 Å². The fourth-order valence-corrected chi connectivity index (χ4v) is 0.789. The number of primary amides is 1. The van der Waals surface area contributed by atoms with E-state index in [2.05, 4.69) is 5.32 Å². The second-order valence-corrected chi connectivity index (χ2v) is 2.52. The summed E-state index contributed by atoms with van der Waals surface area (Å²) in [6.45, 7) is 3.77. The molecule has 0 heterocycles. The van der Waals surface area contributed by atoms with Crippen LogP contribution in [-0.4, -0.2) is 19.0 Å². The highest BCUT2D eigenvalue weighted by Crippen LogP contribution is 1.97. The van der Waals surface area contributed by atoms with E-state index in [0.29, 0.717) is 5.57 Å². The van der Waals surface area contributed by atoms with Crippen molar-refractivity contribution in [3.8, 4) is 0 Å². The molecule has 1 amide bonds. The van der Waals surface area contributed by atoms with Crippen molar-refractivity contribution in [1.29, 1.82) is 0 Å². The molecule has 0 bridgehead atoms. The van der Waals surface area contributed by atoms with Crippen LogP contribution in [0.5, 0.6) is 0 Å². The van der Waals surface area contributed by atoms with Gasteiger partial charge in [-0.3, -0.25) is 4.79 Å². The van der Waals surface area contributed by atoms with Gasteiger partial charge >= 0.3 is 0 Å². The van der Waals surface area contributed by atoms with Gasteiger partial charge in [0.2, 0.25) is 5.91 Å². The summed E-state index contributed by atoms with van der Waals surface area (Å²) < 4.78 is 0. The van der Waals surface area contributed by atoms with Gasteiger partial charge in [0.15, 0.2) is 0 Å². The van der Waals surface area contributed by atoms with Crippen molar-refractivity contribution in [3.63, 3.8) is 0 Å². The first kappa shape index (κ1) is 10.2. The first-order chi connectivity index (χ1) is 5.11. The second-order valence-electron chi connectivity index (χ2n) is 2.52. The van der Waals surface area contributed by atoms with Crippen LogP contribution in [0.25, 0.3) is 0 Å². The summed E-state index contributed by atoms with van der Waals surface area (Å²) in [6.07, 6.45) is 2.81. The van der Waals surface area contributed by atoms with E-state index in [4.69, 9.17) is 5.73 Å². The standard InChI is InChI=1S/C8H16N2O/c1-4-7(10-3)5-6(2)8(9)11/h5,7,10H,4H2,1-3H3,(H2,9,11)/b6-5-. The van der Waals surface area contributed by atoms with Crippen LogP contribution in [-0.2, 0) is 4.79 Å². The minimum absolute atomic E-state index is 0.252. The van der Waals surface area contributed by atoms with Crippen molar-refractivity contribution >= 4 is 5.91 Å². The monoisotopic (exact) mass is 156 g/mol. The minimum atomic E-state index is -0.348. The lowest BCUT2D eigenvalue weighted by molar-refractivity contribution is -0.114. The molecule has 3 heteroatoms. The van der Waals surface area contributed by atoms with Gasteiger partial charge in [-0.15, -0.1) is 0 Å². The Balaban J connectivity index is 4.14. The molecule has 3 N–H and O–H groups in total. The summed E-state index contributed by atoms with van der Waals surface area (Å²) in [4.78, 5) is 10.6. The zero-order valence-corrected chi connectivity index (χ0v) is 7.35. The maximum atomic E-state index is 10.6. The summed E-state index contributed by atoms with van der Waals surface area (Å²) in [5.41, 5.74) is 5.68. The highest BCUT2D eigenvalue weighted by atomic mass is 16.1. The van der Waals surface area contributed by atoms with Crippen molar-refractivity contribution in [3.05, 3.63) is 11.6 Å². The number of amides is 1. The molecular weight excluding hydrogens is 140 g/mol. The fourth-order valence-electron chi connectivity index (χ4n) is 0.789. The quantitative estimate of drug-likeness (QED) is 0.579. The maximum Gasteiger partial charge on any atom is 0.244 e. The largest absolute Gasteiger partial charge is 0.366 e. The summed E-state index contributed by atoms with van der Waals surface area (Å²) in [5.74, 6) is -0.348. The Morgan fingerprint density at radius 2 is 2.27 bits per heavy atom. The number of likely N-dealkylation sites (N-methyl/N-ethyl adjacent to an activating group) is 1. The van der Waals surface area contributed by atoms with Gasteiger partial charge in [-0.25, -0.2) is 0 Å². The molecule has 0 fully saturated rings. The zero-order chi connectivity index (χ0) is 8.85. The predicted molar refractivity (Wildman–Crippen MR) is 46.1 cm³/mol. The Morgan fingerprint density at radius 3 is 2.55 bits per heavy atom. The highest BCUT2D eigenvalue weighted by molar-refractivity contribution is 5.91. The highest BCUT2D eigenvalue weighted by Gasteiger charge is 2.01. The lowest BCUT2D eigenvalue weighted by atomic mass is 10.1. The van der Waals surface area contributed by atoms with E-state index in [1.54, 1.807) is 6.92 Å². The molecule has 1 atom stereocenters. The number of nitrogens with two attached hydrogens (primary N) is 1. The Labute approximate surface area is 67.7 Å². The molecule has 3 nitrogen and oxygen atoms in total. The van der Waals surface area contributed by atoms with E-state index in [9.17, 15) is 4.79 Å². The van der Waals surface area contributed by atoms with Gasteiger partial charge in [-0.2, -0.15) is 0 Å². The van der Waals surface area contributed by atoms with Crippen LogP contribution in [0.3, 0.4) is 0 Å². The molecule has 0 aromatic rings. The number of hydrogen-bond donors (Lipinski definition) is 2. The average Bonchev–Trinajstić information content (AvgIpc) is 1.99. The predicted octanol–water partition coefficient (Wildman–Crippen LogP) is 0.416. The van der Waals surface area contributed by atoms with Crippen molar-refractivity contribution in [2.24, 2.45) is 5.73 Å². The second kappa shape index (κ2) is 4.91. The number of carbonyl (C=O) groups is 1. The Morgan fingerprint density at radius 1 is 1.73 bits per heavy atom. The molecule has 11 heavy (non-hydrogen) atoms. The van der Waals surface area contributed by atoms with E-state index in [1.165, 1.54) is 0 Å². The first-order valence-electron chi connectivity index (χ1n) is 3.77. The van der Waals surface area contributed by atoms with Gasteiger partial charge < -0.3 is 11.1 Å². The first-order valence-corrected chi connectivity index (χ1v) is 3.77. The topological polar surface area (TPSA) is 55.1 Å². The van der Waals surface area contributed by atoms with Gasteiger partial charge in [0.1, 0.15) is 0 Å². The van der Waals surface area contributed by atoms with Crippen LogP contribution < -0.4 is 11.1 Å². The molecule has 0 saturated carbocycles. The molecule has 0 rings (SSSR count).